The summed E-state index contributed by atoms with van der Waals surface area (Å²) >= 11 is 7.49. The molecule has 0 unspecified atom stereocenters. The Balaban J connectivity index is 1.62. The van der Waals surface area contributed by atoms with Crippen molar-refractivity contribution in [2.75, 3.05) is 6.61 Å². The zero-order valence-corrected chi connectivity index (χ0v) is 24.4. The standard InChI is InChI=1S/C31H27ClN2O6S/c1-5-39-30(38)26-17(4)33-31-34(27(26)19-8-6-18(7-9-19)16(2)3)28(35)25(41-31)15-21-11-13-24(40-21)22-14-20(29(36)37)10-12-23(22)32/h6-16,27H,5H2,1-4H3,(H,36,37)/b25-15-/t27-/m1/s1. The smallest absolute Gasteiger partial charge is 0.338 e. The molecular weight excluding hydrogens is 564 g/mol. The highest BCUT2D eigenvalue weighted by Crippen LogP contribution is 2.32. The number of aromatic carboxylic acids is 1. The number of hydrogen-bond acceptors (Lipinski definition) is 7. The molecule has 1 atom stereocenters. The third-order valence-electron chi connectivity index (χ3n) is 6.81. The van der Waals surface area contributed by atoms with Crippen molar-refractivity contribution in [3.05, 3.63) is 113 Å². The van der Waals surface area contributed by atoms with Crippen LogP contribution >= 0.6 is 22.9 Å². The van der Waals surface area contributed by atoms with Crippen LogP contribution in [-0.4, -0.2) is 28.2 Å². The number of furan rings is 1. The average Bonchev–Trinajstić information content (AvgIpc) is 3.52. The lowest BCUT2D eigenvalue weighted by atomic mass is 9.93. The molecule has 2 aromatic carbocycles. The molecule has 1 N–H and O–H groups in total. The molecule has 0 saturated carbocycles. The van der Waals surface area contributed by atoms with Crippen molar-refractivity contribution in [1.82, 2.24) is 4.57 Å². The monoisotopic (exact) mass is 590 g/mol. The van der Waals surface area contributed by atoms with Crippen molar-refractivity contribution in [1.29, 1.82) is 0 Å². The first-order valence-corrected chi connectivity index (χ1v) is 14.2. The fourth-order valence-electron chi connectivity index (χ4n) is 4.72. The second-order valence-corrected chi connectivity index (χ2v) is 11.2. The molecule has 0 aliphatic carbocycles. The number of esters is 1. The van der Waals surface area contributed by atoms with Crippen LogP contribution in [-0.2, 0) is 9.53 Å². The Morgan fingerprint density at radius 3 is 2.56 bits per heavy atom. The molecule has 0 saturated heterocycles. The first-order chi connectivity index (χ1) is 19.6. The topological polar surface area (TPSA) is 111 Å². The summed E-state index contributed by atoms with van der Waals surface area (Å²) in [6, 6.07) is 14.9. The average molecular weight is 591 g/mol. The van der Waals surface area contributed by atoms with Gasteiger partial charge in [0.25, 0.3) is 5.56 Å². The van der Waals surface area contributed by atoms with Crippen LogP contribution in [0, 0.1) is 0 Å². The largest absolute Gasteiger partial charge is 0.478 e. The molecule has 3 heterocycles. The number of carboxylic acids is 1. The molecule has 0 fully saturated rings. The summed E-state index contributed by atoms with van der Waals surface area (Å²) in [5, 5.41) is 9.68. The number of carbonyl (C=O) groups excluding carboxylic acids is 1. The van der Waals surface area contributed by atoms with Gasteiger partial charge in [0, 0.05) is 11.6 Å². The Hall–Kier alpha value is -4.21. The van der Waals surface area contributed by atoms with Gasteiger partial charge in [-0.3, -0.25) is 9.36 Å². The van der Waals surface area contributed by atoms with E-state index in [1.165, 1.54) is 34.1 Å². The first kappa shape index (κ1) is 28.3. The van der Waals surface area contributed by atoms with E-state index in [-0.39, 0.29) is 17.7 Å². The van der Waals surface area contributed by atoms with E-state index in [9.17, 15) is 19.5 Å². The van der Waals surface area contributed by atoms with Gasteiger partial charge in [0.05, 0.1) is 39.0 Å². The Labute approximate surface area is 244 Å². The van der Waals surface area contributed by atoms with E-state index < -0.39 is 18.0 Å². The molecule has 1 aliphatic rings. The van der Waals surface area contributed by atoms with E-state index in [1.54, 1.807) is 32.1 Å². The van der Waals surface area contributed by atoms with Crippen molar-refractivity contribution < 1.29 is 23.8 Å². The lowest BCUT2D eigenvalue weighted by Gasteiger charge is -2.25. The number of ether oxygens (including phenoxy) is 1. The summed E-state index contributed by atoms with van der Waals surface area (Å²) in [6.07, 6.45) is 1.60. The zero-order chi connectivity index (χ0) is 29.4. The lowest BCUT2D eigenvalue weighted by molar-refractivity contribution is -0.139. The van der Waals surface area contributed by atoms with Crippen molar-refractivity contribution in [2.45, 2.75) is 39.7 Å². The second-order valence-electron chi connectivity index (χ2n) is 9.83. The van der Waals surface area contributed by atoms with E-state index in [2.05, 4.69) is 18.8 Å². The van der Waals surface area contributed by atoms with Gasteiger partial charge in [-0.15, -0.1) is 0 Å². The number of allylic oxidation sites excluding steroid dienone is 1. The van der Waals surface area contributed by atoms with E-state index in [0.29, 0.717) is 48.6 Å². The number of hydrogen-bond donors (Lipinski definition) is 1. The van der Waals surface area contributed by atoms with E-state index in [4.69, 9.17) is 20.8 Å². The summed E-state index contributed by atoms with van der Waals surface area (Å²) in [4.78, 5) is 43.4. The van der Waals surface area contributed by atoms with Crippen LogP contribution in [0.3, 0.4) is 0 Å². The van der Waals surface area contributed by atoms with Gasteiger partial charge in [0.1, 0.15) is 11.5 Å². The predicted molar refractivity (Wildman–Crippen MR) is 157 cm³/mol. The van der Waals surface area contributed by atoms with Gasteiger partial charge in [-0.2, -0.15) is 0 Å². The van der Waals surface area contributed by atoms with Crippen LogP contribution in [0.15, 0.2) is 80.1 Å². The molecule has 0 radical (unpaired) electrons. The third-order valence-corrected chi connectivity index (χ3v) is 8.13. The number of benzene rings is 2. The minimum Gasteiger partial charge on any atom is -0.478 e. The number of carboxylic acid groups (broad SMARTS) is 1. The van der Waals surface area contributed by atoms with Crippen molar-refractivity contribution in [3.8, 4) is 11.3 Å². The molecule has 10 heteroatoms. The fourth-order valence-corrected chi connectivity index (χ4v) is 5.96. The Kier molecular flexibility index (Phi) is 7.84. The molecule has 210 valence electrons. The Bertz CT molecular complexity index is 1880. The third kappa shape index (κ3) is 5.42. The van der Waals surface area contributed by atoms with E-state index >= 15 is 0 Å². The van der Waals surface area contributed by atoms with Crippen LogP contribution in [0.2, 0.25) is 5.02 Å². The highest BCUT2D eigenvalue weighted by Gasteiger charge is 2.33. The molecule has 0 amide bonds. The number of fused-ring (bicyclic) bond motifs is 1. The lowest BCUT2D eigenvalue weighted by Crippen LogP contribution is -2.39. The molecule has 8 nitrogen and oxygen atoms in total. The number of rotatable bonds is 7. The maximum atomic E-state index is 13.8. The first-order valence-electron chi connectivity index (χ1n) is 13.0. The van der Waals surface area contributed by atoms with Crippen LogP contribution in [0.5, 0.6) is 0 Å². The molecule has 0 spiro atoms. The number of halogens is 1. The molecule has 0 bridgehead atoms. The molecule has 5 rings (SSSR count). The number of thiazole rings is 1. The van der Waals surface area contributed by atoms with Gasteiger partial charge >= 0.3 is 11.9 Å². The zero-order valence-electron chi connectivity index (χ0n) is 22.8. The van der Waals surface area contributed by atoms with Crippen molar-refractivity contribution >= 4 is 41.0 Å². The Morgan fingerprint density at radius 2 is 1.90 bits per heavy atom. The maximum Gasteiger partial charge on any atom is 0.338 e. The van der Waals surface area contributed by atoms with Crippen LogP contribution < -0.4 is 14.9 Å². The van der Waals surface area contributed by atoms with Crippen LogP contribution in [0.25, 0.3) is 17.4 Å². The van der Waals surface area contributed by atoms with E-state index in [1.807, 2.05) is 24.3 Å². The highest BCUT2D eigenvalue weighted by atomic mass is 35.5. The van der Waals surface area contributed by atoms with Gasteiger partial charge in [0.15, 0.2) is 4.80 Å². The predicted octanol–water partition coefficient (Wildman–Crippen LogP) is 5.53. The second kappa shape index (κ2) is 11.3. The van der Waals surface area contributed by atoms with Crippen molar-refractivity contribution in [3.63, 3.8) is 0 Å². The highest BCUT2D eigenvalue weighted by molar-refractivity contribution is 7.07. The van der Waals surface area contributed by atoms with Gasteiger partial charge in [-0.05, 0) is 61.2 Å². The molecule has 41 heavy (non-hydrogen) atoms. The molecule has 2 aromatic heterocycles. The van der Waals surface area contributed by atoms with Crippen LogP contribution in [0.4, 0.5) is 0 Å². The quantitative estimate of drug-likeness (QED) is 0.283. The van der Waals surface area contributed by atoms with Gasteiger partial charge < -0.3 is 14.3 Å². The summed E-state index contributed by atoms with van der Waals surface area (Å²) in [5.41, 5.74) is 2.88. The maximum absolute atomic E-state index is 13.8. The summed E-state index contributed by atoms with van der Waals surface area (Å²) < 4.78 is 13.2. The fraction of sp³-hybridized carbons (Fsp3) is 0.226. The summed E-state index contributed by atoms with van der Waals surface area (Å²) in [5.74, 6) is -0.534. The molecule has 4 aromatic rings. The molecule has 1 aliphatic heterocycles. The summed E-state index contributed by atoms with van der Waals surface area (Å²) in [6.45, 7) is 7.87. The van der Waals surface area contributed by atoms with Gasteiger partial charge in [-0.25, -0.2) is 14.6 Å². The number of aromatic nitrogens is 1. The number of carbonyl (C=O) groups is 2. The van der Waals surface area contributed by atoms with Gasteiger partial charge in [0.2, 0.25) is 0 Å². The Morgan fingerprint density at radius 1 is 1.17 bits per heavy atom. The van der Waals surface area contributed by atoms with Crippen molar-refractivity contribution in [2.24, 2.45) is 4.99 Å². The van der Waals surface area contributed by atoms with Gasteiger partial charge in [-0.1, -0.05) is 61.1 Å². The molecular formula is C31H27ClN2O6S. The normalized spacial score (nSPS) is 15.2. The van der Waals surface area contributed by atoms with Crippen LogP contribution in [0.1, 0.15) is 66.9 Å². The minimum absolute atomic E-state index is 0.0739. The summed E-state index contributed by atoms with van der Waals surface area (Å²) in [7, 11) is 0. The SMILES string of the molecule is CCOC(=O)C1=C(C)N=c2s/c(=C\c3ccc(-c4cc(C(=O)O)ccc4Cl)o3)c(=O)n2[C@@H]1c1ccc(C(C)C)cc1. The number of nitrogens with zero attached hydrogens (tertiary/aromatic N) is 2. The minimum atomic E-state index is -1.08. The van der Waals surface area contributed by atoms with E-state index in [0.717, 1.165) is 11.1 Å².